The highest BCUT2D eigenvalue weighted by Crippen LogP contribution is 2.36. The molecule has 1 fully saturated rings. The van der Waals surface area contributed by atoms with E-state index in [9.17, 15) is 9.59 Å². The Hall–Kier alpha value is -3.76. The third-order valence-electron chi connectivity index (χ3n) is 6.28. The molecule has 0 atom stereocenters. The molecule has 0 bridgehead atoms. The van der Waals surface area contributed by atoms with Gasteiger partial charge in [-0.1, -0.05) is 17.7 Å². The van der Waals surface area contributed by atoms with Gasteiger partial charge in [0.05, 0.1) is 24.0 Å². The first kappa shape index (κ1) is 26.3. The molecule has 1 aromatic heterocycles. The molecule has 10 nitrogen and oxygen atoms in total. The Bertz CT molecular complexity index is 1240. The molecule has 0 radical (unpaired) electrons. The number of benzene rings is 2. The number of rotatable bonds is 9. The molecule has 4 rings (SSSR count). The Morgan fingerprint density at radius 1 is 1.19 bits per heavy atom. The molecule has 3 N–H and O–H groups in total. The number of halogens is 1. The molecule has 2 amide bonds. The number of methoxy groups -OCH3 is 1. The second-order valence-electron chi connectivity index (χ2n) is 8.71. The van der Waals surface area contributed by atoms with Crippen molar-refractivity contribution in [1.82, 2.24) is 20.0 Å². The van der Waals surface area contributed by atoms with Crippen molar-refractivity contribution in [3.8, 4) is 22.8 Å². The summed E-state index contributed by atoms with van der Waals surface area (Å²) in [6, 6.07) is 12.6. The maximum atomic E-state index is 12.8. The lowest BCUT2D eigenvalue weighted by Gasteiger charge is -2.30. The number of likely N-dealkylation sites (tertiary alicyclic amines) is 1. The van der Waals surface area contributed by atoms with Gasteiger partial charge in [-0.15, -0.1) is 0 Å². The van der Waals surface area contributed by atoms with Crippen LogP contribution in [0.25, 0.3) is 11.3 Å². The number of aryl methyl sites for hydroxylation is 1. The molecule has 2 aromatic carbocycles. The molecule has 0 aliphatic carbocycles. The van der Waals surface area contributed by atoms with Crippen LogP contribution in [0.15, 0.2) is 48.7 Å². The van der Waals surface area contributed by atoms with E-state index in [1.807, 2.05) is 6.07 Å². The lowest BCUT2D eigenvalue weighted by atomic mass is 10.1. The second kappa shape index (κ2) is 12.0. The highest BCUT2D eigenvalue weighted by atomic mass is 35.5. The van der Waals surface area contributed by atoms with Crippen LogP contribution in [-0.4, -0.2) is 71.2 Å². The molecule has 3 aromatic rings. The van der Waals surface area contributed by atoms with Gasteiger partial charge >= 0.3 is 6.09 Å². The van der Waals surface area contributed by atoms with Crippen LogP contribution in [-0.2, 0) is 7.05 Å². The van der Waals surface area contributed by atoms with Crippen LogP contribution < -0.4 is 20.1 Å². The quantitative estimate of drug-likeness (QED) is 0.358. The molecule has 11 heteroatoms. The van der Waals surface area contributed by atoms with Crippen LogP contribution in [0.5, 0.6) is 11.5 Å². The average molecular weight is 528 g/mol. The van der Waals surface area contributed by atoms with Crippen molar-refractivity contribution in [3.63, 3.8) is 0 Å². The summed E-state index contributed by atoms with van der Waals surface area (Å²) < 4.78 is 13.0. The van der Waals surface area contributed by atoms with Gasteiger partial charge in [0.25, 0.3) is 5.91 Å². The van der Waals surface area contributed by atoms with Crippen LogP contribution in [0.1, 0.15) is 23.2 Å². The smallest absolute Gasteiger partial charge is 0.407 e. The third-order valence-corrected chi connectivity index (χ3v) is 6.55. The fourth-order valence-corrected chi connectivity index (χ4v) is 4.57. The summed E-state index contributed by atoms with van der Waals surface area (Å²) >= 11 is 6.44. The van der Waals surface area contributed by atoms with E-state index < -0.39 is 6.09 Å². The number of ether oxygens (including phenoxy) is 2. The van der Waals surface area contributed by atoms with Gasteiger partial charge in [-0.25, -0.2) is 4.79 Å². The average Bonchev–Trinajstić information content (AvgIpc) is 3.24. The third kappa shape index (κ3) is 6.52. The molecular formula is C26H30ClN5O5. The predicted molar refractivity (Wildman–Crippen MR) is 141 cm³/mol. The highest BCUT2D eigenvalue weighted by Gasteiger charge is 2.22. The Morgan fingerprint density at radius 2 is 1.97 bits per heavy atom. The van der Waals surface area contributed by atoms with E-state index in [0.29, 0.717) is 65.3 Å². The van der Waals surface area contributed by atoms with Crippen molar-refractivity contribution in [2.45, 2.75) is 18.9 Å². The van der Waals surface area contributed by atoms with E-state index in [4.69, 9.17) is 26.2 Å². The number of hydrogen-bond acceptors (Lipinski definition) is 6. The zero-order chi connectivity index (χ0) is 26.4. The second-order valence-corrected chi connectivity index (χ2v) is 9.12. The summed E-state index contributed by atoms with van der Waals surface area (Å²) in [6.07, 6.45) is 2.23. The van der Waals surface area contributed by atoms with E-state index >= 15 is 0 Å². The van der Waals surface area contributed by atoms with Crippen molar-refractivity contribution in [1.29, 1.82) is 0 Å². The Labute approximate surface area is 220 Å². The lowest BCUT2D eigenvalue weighted by Crippen LogP contribution is -2.45. The first-order valence-corrected chi connectivity index (χ1v) is 12.3. The van der Waals surface area contributed by atoms with Crippen LogP contribution in [0.2, 0.25) is 5.02 Å². The van der Waals surface area contributed by atoms with Gasteiger partial charge in [-0.05, 0) is 49.2 Å². The van der Waals surface area contributed by atoms with E-state index in [0.717, 1.165) is 12.8 Å². The summed E-state index contributed by atoms with van der Waals surface area (Å²) in [4.78, 5) is 25.3. The van der Waals surface area contributed by atoms with Crippen LogP contribution >= 0.6 is 11.6 Å². The topological polar surface area (TPSA) is 118 Å². The molecule has 0 unspecified atom stereocenters. The fraction of sp³-hybridized carbons (Fsp3) is 0.346. The summed E-state index contributed by atoms with van der Waals surface area (Å²) in [5.74, 6) is 0.931. The molecule has 37 heavy (non-hydrogen) atoms. The molecular weight excluding hydrogens is 498 g/mol. The summed E-state index contributed by atoms with van der Waals surface area (Å²) in [5, 5.41) is 20.2. The standard InChI is InChI=1S/C26H30ClN5O5/c1-31-24(22(27)16-29-31)21-15-19(30-25(33)17-4-3-5-20(14-17)36-2)6-7-23(21)37-13-10-28-18-8-11-32(12-9-18)26(34)35/h3-7,14-16,18,28H,8-13H2,1-2H3,(H,30,33)(H,34,35). The summed E-state index contributed by atoms with van der Waals surface area (Å²) in [6.45, 7) is 2.06. The maximum absolute atomic E-state index is 12.8. The summed E-state index contributed by atoms with van der Waals surface area (Å²) in [7, 11) is 3.34. The first-order chi connectivity index (χ1) is 17.9. The molecule has 0 spiro atoms. The number of carbonyl (C=O) groups is 2. The number of nitrogens with one attached hydrogen (secondary N) is 2. The number of amides is 2. The molecule has 1 aliphatic heterocycles. The first-order valence-electron chi connectivity index (χ1n) is 12.0. The lowest BCUT2D eigenvalue weighted by molar-refractivity contribution is 0.102. The van der Waals surface area contributed by atoms with E-state index in [1.165, 1.54) is 4.90 Å². The van der Waals surface area contributed by atoms with Crippen molar-refractivity contribution >= 4 is 29.3 Å². The largest absolute Gasteiger partial charge is 0.497 e. The van der Waals surface area contributed by atoms with Crippen LogP contribution in [0, 0.1) is 0 Å². The zero-order valence-corrected chi connectivity index (χ0v) is 21.5. The number of aromatic nitrogens is 2. The molecule has 196 valence electrons. The maximum Gasteiger partial charge on any atom is 0.407 e. The minimum absolute atomic E-state index is 0.249. The monoisotopic (exact) mass is 527 g/mol. The van der Waals surface area contributed by atoms with Crippen LogP contribution in [0.4, 0.5) is 10.5 Å². The molecule has 2 heterocycles. The Kier molecular flexibility index (Phi) is 8.52. The van der Waals surface area contributed by atoms with E-state index in [2.05, 4.69) is 15.7 Å². The Balaban J connectivity index is 1.44. The van der Waals surface area contributed by atoms with Crippen molar-refractivity contribution < 1.29 is 24.2 Å². The molecule has 1 saturated heterocycles. The van der Waals surface area contributed by atoms with Gasteiger partial charge in [-0.2, -0.15) is 5.10 Å². The minimum Gasteiger partial charge on any atom is -0.497 e. The number of nitrogens with zero attached hydrogens (tertiary/aromatic N) is 3. The number of carbonyl (C=O) groups excluding carboxylic acids is 1. The van der Waals surface area contributed by atoms with E-state index in [1.54, 1.807) is 61.4 Å². The number of piperidine rings is 1. The Morgan fingerprint density at radius 3 is 2.65 bits per heavy atom. The minimum atomic E-state index is -0.869. The van der Waals surface area contributed by atoms with Gasteiger partial charge in [0.1, 0.15) is 18.1 Å². The molecule has 1 aliphatic rings. The van der Waals surface area contributed by atoms with Gasteiger partial charge in [0.2, 0.25) is 0 Å². The predicted octanol–water partition coefficient (Wildman–Crippen LogP) is 4.11. The number of anilines is 1. The summed E-state index contributed by atoms with van der Waals surface area (Å²) in [5.41, 5.74) is 2.42. The van der Waals surface area contributed by atoms with Crippen molar-refractivity contribution in [2.24, 2.45) is 7.05 Å². The zero-order valence-electron chi connectivity index (χ0n) is 20.7. The van der Waals surface area contributed by atoms with Gasteiger partial charge < -0.3 is 30.1 Å². The van der Waals surface area contributed by atoms with Gasteiger partial charge in [0, 0.05) is 49.5 Å². The molecule has 0 saturated carbocycles. The number of hydrogen-bond donors (Lipinski definition) is 3. The van der Waals surface area contributed by atoms with Crippen LogP contribution in [0.3, 0.4) is 0 Å². The van der Waals surface area contributed by atoms with Gasteiger partial charge in [0.15, 0.2) is 0 Å². The highest BCUT2D eigenvalue weighted by molar-refractivity contribution is 6.33. The number of carboxylic acid groups (broad SMARTS) is 1. The fourth-order valence-electron chi connectivity index (χ4n) is 4.30. The van der Waals surface area contributed by atoms with Crippen molar-refractivity contribution in [3.05, 3.63) is 59.2 Å². The van der Waals surface area contributed by atoms with E-state index in [-0.39, 0.29) is 11.9 Å². The SMILES string of the molecule is COc1cccc(C(=O)Nc2ccc(OCCNC3CCN(C(=O)O)CC3)c(-c3c(Cl)cnn3C)c2)c1. The van der Waals surface area contributed by atoms with Gasteiger partial charge in [-0.3, -0.25) is 9.48 Å². The normalized spacial score (nSPS) is 13.9. The van der Waals surface area contributed by atoms with Crippen molar-refractivity contribution in [2.75, 3.05) is 38.7 Å².